The van der Waals surface area contributed by atoms with E-state index in [4.69, 9.17) is 0 Å². The Kier molecular flexibility index (Phi) is 3.32. The molecule has 2 rings (SSSR count). The van der Waals surface area contributed by atoms with Crippen molar-refractivity contribution in [1.82, 2.24) is 15.0 Å². The lowest BCUT2D eigenvalue weighted by atomic mass is 10.2. The van der Waals surface area contributed by atoms with E-state index in [9.17, 15) is 0 Å². The van der Waals surface area contributed by atoms with E-state index in [0.717, 1.165) is 35.0 Å². The minimum Gasteiger partial charge on any atom is -0.369 e. The first-order valence-electron chi connectivity index (χ1n) is 5.72. The van der Waals surface area contributed by atoms with Gasteiger partial charge < -0.3 is 5.32 Å². The topological polar surface area (TPSA) is 50.7 Å². The van der Waals surface area contributed by atoms with Gasteiger partial charge in [0.15, 0.2) is 5.82 Å². The Balaban J connectivity index is 2.55. The molecule has 0 aliphatic carbocycles. The molecule has 0 radical (unpaired) electrons. The van der Waals surface area contributed by atoms with Gasteiger partial charge in [0.25, 0.3) is 0 Å². The van der Waals surface area contributed by atoms with Crippen molar-refractivity contribution in [1.29, 1.82) is 0 Å². The Morgan fingerprint density at radius 1 is 1.18 bits per heavy atom. The molecule has 2 aromatic heterocycles. The van der Waals surface area contributed by atoms with Crippen LogP contribution in [-0.2, 0) is 0 Å². The summed E-state index contributed by atoms with van der Waals surface area (Å²) in [4.78, 5) is 13.3. The normalized spacial score (nSPS) is 10.3. The Labute approximate surface area is 101 Å². The molecule has 4 nitrogen and oxygen atoms in total. The molecule has 2 aromatic rings. The van der Waals surface area contributed by atoms with E-state index in [2.05, 4.69) is 20.3 Å². The minimum absolute atomic E-state index is 0.823. The lowest BCUT2D eigenvalue weighted by Crippen LogP contribution is -2.06. The second-order valence-electron chi connectivity index (χ2n) is 3.86. The molecule has 0 aromatic carbocycles. The zero-order valence-corrected chi connectivity index (χ0v) is 10.4. The van der Waals surface area contributed by atoms with Crippen molar-refractivity contribution < 1.29 is 0 Å². The van der Waals surface area contributed by atoms with Crippen LogP contribution in [0.5, 0.6) is 0 Å². The molecule has 0 saturated heterocycles. The Hall–Kier alpha value is -1.97. The Morgan fingerprint density at radius 2 is 1.94 bits per heavy atom. The molecule has 0 bridgehead atoms. The number of anilines is 1. The van der Waals surface area contributed by atoms with Gasteiger partial charge in [-0.2, -0.15) is 0 Å². The van der Waals surface area contributed by atoms with Crippen molar-refractivity contribution in [3.05, 3.63) is 35.9 Å². The van der Waals surface area contributed by atoms with Crippen molar-refractivity contribution in [3.8, 4) is 11.3 Å². The quantitative estimate of drug-likeness (QED) is 0.877. The van der Waals surface area contributed by atoms with Crippen molar-refractivity contribution in [3.63, 3.8) is 0 Å². The van der Waals surface area contributed by atoms with Gasteiger partial charge in [-0.1, -0.05) is 0 Å². The maximum Gasteiger partial charge on any atom is 0.152 e. The standard InChI is InChI=1S/C13H16N4/c1-4-15-13-12(11-6-5-7-14-8-11)16-9(2)10(3)17-13/h5-8H,4H2,1-3H3,(H,15,17). The molecule has 4 heteroatoms. The molecule has 0 saturated carbocycles. The van der Waals surface area contributed by atoms with E-state index in [1.165, 1.54) is 0 Å². The fraction of sp³-hybridized carbons (Fsp3) is 0.308. The fourth-order valence-corrected chi connectivity index (χ4v) is 1.60. The number of hydrogen-bond acceptors (Lipinski definition) is 4. The molecule has 2 heterocycles. The van der Waals surface area contributed by atoms with E-state index >= 15 is 0 Å². The van der Waals surface area contributed by atoms with E-state index in [0.29, 0.717) is 0 Å². The van der Waals surface area contributed by atoms with Gasteiger partial charge in [0.05, 0.1) is 11.4 Å². The van der Waals surface area contributed by atoms with Crippen LogP contribution in [-0.4, -0.2) is 21.5 Å². The van der Waals surface area contributed by atoms with Crippen LogP contribution in [0.25, 0.3) is 11.3 Å². The smallest absolute Gasteiger partial charge is 0.152 e. The van der Waals surface area contributed by atoms with Crippen molar-refractivity contribution in [2.24, 2.45) is 0 Å². The number of hydrogen-bond donors (Lipinski definition) is 1. The molecule has 17 heavy (non-hydrogen) atoms. The summed E-state index contributed by atoms with van der Waals surface area (Å²) in [5.41, 5.74) is 3.75. The Morgan fingerprint density at radius 3 is 2.59 bits per heavy atom. The van der Waals surface area contributed by atoms with Crippen LogP contribution in [0, 0.1) is 13.8 Å². The van der Waals surface area contributed by atoms with Crippen molar-refractivity contribution >= 4 is 5.82 Å². The van der Waals surface area contributed by atoms with Crippen molar-refractivity contribution in [2.75, 3.05) is 11.9 Å². The van der Waals surface area contributed by atoms with Crippen LogP contribution in [0.1, 0.15) is 18.3 Å². The molecular weight excluding hydrogens is 212 g/mol. The molecule has 0 unspecified atom stereocenters. The van der Waals surface area contributed by atoms with Gasteiger partial charge in [0.2, 0.25) is 0 Å². The van der Waals surface area contributed by atoms with Crippen LogP contribution in [0.3, 0.4) is 0 Å². The maximum atomic E-state index is 4.60. The van der Waals surface area contributed by atoms with E-state index in [1.54, 1.807) is 12.4 Å². The number of aryl methyl sites for hydroxylation is 2. The SMILES string of the molecule is CCNc1nc(C)c(C)nc1-c1cccnc1. The van der Waals surface area contributed by atoms with Gasteiger partial charge >= 0.3 is 0 Å². The first-order chi connectivity index (χ1) is 8.22. The third kappa shape index (κ3) is 2.41. The third-order valence-corrected chi connectivity index (χ3v) is 2.59. The average Bonchev–Trinajstić information content (AvgIpc) is 2.35. The van der Waals surface area contributed by atoms with Gasteiger partial charge in [-0.15, -0.1) is 0 Å². The van der Waals surface area contributed by atoms with E-state index in [1.807, 2.05) is 32.9 Å². The van der Waals surface area contributed by atoms with Gasteiger partial charge in [-0.25, -0.2) is 9.97 Å². The molecule has 0 fully saturated rings. The predicted molar refractivity (Wildman–Crippen MR) is 68.9 cm³/mol. The lowest BCUT2D eigenvalue weighted by molar-refractivity contribution is 1.03. The number of nitrogens with zero attached hydrogens (tertiary/aromatic N) is 3. The van der Waals surface area contributed by atoms with E-state index in [-0.39, 0.29) is 0 Å². The maximum absolute atomic E-state index is 4.60. The summed E-state index contributed by atoms with van der Waals surface area (Å²) in [6, 6.07) is 3.90. The molecule has 0 atom stereocenters. The highest BCUT2D eigenvalue weighted by atomic mass is 15.0. The molecule has 88 valence electrons. The highest BCUT2D eigenvalue weighted by Gasteiger charge is 2.10. The summed E-state index contributed by atoms with van der Waals surface area (Å²) in [7, 11) is 0. The highest BCUT2D eigenvalue weighted by molar-refractivity contribution is 5.70. The summed E-state index contributed by atoms with van der Waals surface area (Å²) in [6.45, 7) is 6.81. The number of aromatic nitrogens is 3. The molecular formula is C13H16N4. The minimum atomic E-state index is 0.823. The third-order valence-electron chi connectivity index (χ3n) is 2.59. The summed E-state index contributed by atoms with van der Waals surface area (Å²) in [5, 5.41) is 3.24. The van der Waals surface area contributed by atoms with Crippen LogP contribution < -0.4 is 5.32 Å². The Bertz CT molecular complexity index is 508. The summed E-state index contributed by atoms with van der Waals surface area (Å²) >= 11 is 0. The van der Waals surface area contributed by atoms with Gasteiger partial charge in [0, 0.05) is 24.5 Å². The molecule has 0 aliphatic heterocycles. The first kappa shape index (κ1) is 11.5. The monoisotopic (exact) mass is 228 g/mol. The van der Waals surface area contributed by atoms with Crippen LogP contribution in [0.15, 0.2) is 24.5 Å². The fourth-order valence-electron chi connectivity index (χ4n) is 1.60. The zero-order chi connectivity index (χ0) is 12.3. The van der Waals surface area contributed by atoms with Gasteiger partial charge in [0.1, 0.15) is 5.69 Å². The second-order valence-corrected chi connectivity index (χ2v) is 3.86. The summed E-state index contributed by atoms with van der Waals surface area (Å²) < 4.78 is 0. The summed E-state index contributed by atoms with van der Waals surface area (Å²) in [6.07, 6.45) is 3.56. The second kappa shape index (κ2) is 4.91. The predicted octanol–water partition coefficient (Wildman–Crippen LogP) is 2.59. The first-order valence-corrected chi connectivity index (χ1v) is 5.72. The molecule has 1 N–H and O–H groups in total. The van der Waals surface area contributed by atoms with Crippen molar-refractivity contribution in [2.45, 2.75) is 20.8 Å². The van der Waals surface area contributed by atoms with Crippen LogP contribution in [0.2, 0.25) is 0 Å². The van der Waals surface area contributed by atoms with Crippen LogP contribution >= 0.6 is 0 Å². The molecule has 0 spiro atoms. The average molecular weight is 228 g/mol. The lowest BCUT2D eigenvalue weighted by Gasteiger charge is -2.11. The molecule has 0 aliphatic rings. The van der Waals surface area contributed by atoms with E-state index < -0.39 is 0 Å². The zero-order valence-electron chi connectivity index (χ0n) is 10.4. The number of pyridine rings is 1. The largest absolute Gasteiger partial charge is 0.369 e. The number of rotatable bonds is 3. The number of nitrogens with one attached hydrogen (secondary N) is 1. The highest BCUT2D eigenvalue weighted by Crippen LogP contribution is 2.24. The van der Waals surface area contributed by atoms with Gasteiger partial charge in [-0.05, 0) is 32.9 Å². The molecule has 0 amide bonds. The van der Waals surface area contributed by atoms with Crippen LogP contribution in [0.4, 0.5) is 5.82 Å². The summed E-state index contributed by atoms with van der Waals surface area (Å²) in [5.74, 6) is 0.823. The van der Waals surface area contributed by atoms with Gasteiger partial charge in [-0.3, -0.25) is 4.98 Å².